The Morgan fingerprint density at radius 3 is 1.82 bits per heavy atom. The monoisotopic (exact) mass is 324 g/mol. The Labute approximate surface area is 131 Å². The molecule has 1 N–H and O–H groups in total. The normalized spacial score (nSPS) is 10.9. The van der Waals surface area contributed by atoms with Gasteiger partial charge in [-0.25, -0.2) is 19.5 Å². The average molecular weight is 324 g/mol. The van der Waals surface area contributed by atoms with Crippen LogP contribution in [-0.2, 0) is 24.3 Å². The lowest BCUT2D eigenvalue weighted by molar-refractivity contribution is -0.295. The lowest BCUT2D eigenvalue weighted by Crippen LogP contribution is -2.16. The summed E-state index contributed by atoms with van der Waals surface area (Å²) < 4.78 is 4.50. The van der Waals surface area contributed by atoms with E-state index >= 15 is 0 Å². The zero-order valence-electron chi connectivity index (χ0n) is 13.8. The first-order valence-corrected chi connectivity index (χ1v) is 7.50. The van der Waals surface area contributed by atoms with Gasteiger partial charge < -0.3 is 9.84 Å². The smallest absolute Gasteiger partial charge is 0.447 e. The zero-order chi connectivity index (χ0) is 17.2. The van der Waals surface area contributed by atoms with Gasteiger partial charge in [0, 0.05) is 0 Å². The predicted molar refractivity (Wildman–Crippen MR) is 78.1 cm³/mol. The van der Waals surface area contributed by atoms with E-state index in [4.69, 9.17) is 14.9 Å². The van der Waals surface area contributed by atoms with Crippen molar-refractivity contribution in [2.75, 3.05) is 13.2 Å². The lowest BCUT2D eigenvalue weighted by atomic mass is 10.3. The summed E-state index contributed by atoms with van der Waals surface area (Å²) in [7, 11) is 0. The molecule has 0 aromatic carbocycles. The van der Waals surface area contributed by atoms with Crippen molar-refractivity contribution >= 4 is 12.3 Å². The Balaban J connectivity index is 0. The minimum atomic E-state index is -1.70. The summed E-state index contributed by atoms with van der Waals surface area (Å²) in [4.78, 5) is 37.1. The number of carboxylic acid groups (broad SMARTS) is 1. The molecule has 0 heterocycles. The van der Waals surface area contributed by atoms with Crippen LogP contribution >= 0.6 is 0 Å². The summed E-state index contributed by atoms with van der Waals surface area (Å²) in [6.07, 6.45) is 1.94. The van der Waals surface area contributed by atoms with Gasteiger partial charge in [0.15, 0.2) is 0 Å². The molecule has 0 rings (SSSR count). The van der Waals surface area contributed by atoms with Gasteiger partial charge in [0.05, 0.1) is 13.2 Å². The predicted octanol–water partition coefficient (Wildman–Crippen LogP) is 4.08. The molecule has 0 aromatic rings. The third-order valence-electron chi connectivity index (χ3n) is 2.30. The molecule has 0 aromatic heterocycles. The molecule has 0 radical (unpaired) electrons. The van der Waals surface area contributed by atoms with Gasteiger partial charge in [-0.2, -0.15) is 9.68 Å². The zero-order valence-corrected chi connectivity index (χ0v) is 13.8. The molecule has 0 amide bonds. The van der Waals surface area contributed by atoms with Crippen LogP contribution in [0, 0.1) is 0 Å². The summed E-state index contributed by atoms with van der Waals surface area (Å²) in [5.74, 6) is 0. The van der Waals surface area contributed by atoms with Gasteiger partial charge in [-0.15, -0.1) is 0 Å². The minimum Gasteiger partial charge on any atom is -0.447 e. The summed E-state index contributed by atoms with van der Waals surface area (Å²) in [5.41, 5.74) is 0. The van der Waals surface area contributed by atoms with Gasteiger partial charge in [-0.3, -0.25) is 0 Å². The van der Waals surface area contributed by atoms with Crippen molar-refractivity contribution in [1.82, 2.24) is 0 Å². The van der Waals surface area contributed by atoms with E-state index in [2.05, 4.69) is 28.4 Å². The molecule has 0 saturated carbocycles. The highest BCUT2D eigenvalue weighted by Crippen LogP contribution is 1.98. The lowest BCUT2D eigenvalue weighted by Gasteiger charge is -2.07. The third kappa shape index (κ3) is 20.8. The molecule has 0 aliphatic heterocycles. The second-order valence-electron chi connectivity index (χ2n) is 4.37. The van der Waals surface area contributed by atoms with Crippen molar-refractivity contribution < 1.29 is 39.0 Å². The molecule has 1 unspecified atom stereocenters. The van der Waals surface area contributed by atoms with E-state index in [0.29, 0.717) is 6.42 Å². The van der Waals surface area contributed by atoms with Crippen molar-refractivity contribution in [2.45, 2.75) is 65.9 Å². The average Bonchev–Trinajstić information content (AvgIpc) is 2.49. The van der Waals surface area contributed by atoms with Crippen molar-refractivity contribution in [1.29, 1.82) is 0 Å². The SMILES string of the molecule is CCC(C)OC(=O)OOC(=O)O.CCCCOOCCCC. The molecule has 8 nitrogen and oxygen atoms in total. The van der Waals surface area contributed by atoms with Gasteiger partial charge in [0.2, 0.25) is 0 Å². The topological polar surface area (TPSA) is 101 Å². The minimum absolute atomic E-state index is 0.324. The largest absolute Gasteiger partial charge is 0.550 e. The molecule has 22 heavy (non-hydrogen) atoms. The number of carbonyl (C=O) groups excluding carboxylic acids is 1. The molecule has 8 heteroatoms. The van der Waals surface area contributed by atoms with E-state index in [0.717, 1.165) is 38.9 Å². The van der Waals surface area contributed by atoms with Crippen LogP contribution in [-0.4, -0.2) is 36.7 Å². The summed E-state index contributed by atoms with van der Waals surface area (Å²) in [6, 6.07) is 0. The number of rotatable bonds is 9. The number of unbranched alkanes of at least 4 members (excludes halogenated alkanes) is 2. The summed E-state index contributed by atoms with van der Waals surface area (Å²) in [5, 5.41) is 7.90. The molecular weight excluding hydrogens is 296 g/mol. The molecule has 0 saturated heterocycles. The number of hydrogen-bond donors (Lipinski definition) is 1. The van der Waals surface area contributed by atoms with Crippen LogP contribution < -0.4 is 0 Å². The molecular formula is C14H28O8. The Hall–Kier alpha value is -1.54. The highest BCUT2D eigenvalue weighted by molar-refractivity contribution is 5.62. The quantitative estimate of drug-likeness (QED) is 0.293. The van der Waals surface area contributed by atoms with Crippen molar-refractivity contribution in [3.05, 3.63) is 0 Å². The van der Waals surface area contributed by atoms with Gasteiger partial charge in [-0.05, 0) is 26.2 Å². The first kappa shape index (κ1) is 22.7. The van der Waals surface area contributed by atoms with E-state index < -0.39 is 12.3 Å². The van der Waals surface area contributed by atoms with E-state index in [-0.39, 0.29) is 6.10 Å². The molecule has 132 valence electrons. The Morgan fingerprint density at radius 2 is 1.45 bits per heavy atom. The molecule has 0 aliphatic rings. The third-order valence-corrected chi connectivity index (χ3v) is 2.30. The number of ether oxygens (including phenoxy) is 1. The van der Waals surface area contributed by atoms with Crippen LogP contribution in [0.1, 0.15) is 59.8 Å². The molecule has 0 spiro atoms. The van der Waals surface area contributed by atoms with Crippen molar-refractivity contribution in [3.63, 3.8) is 0 Å². The fourth-order valence-corrected chi connectivity index (χ4v) is 0.861. The van der Waals surface area contributed by atoms with Crippen molar-refractivity contribution in [3.8, 4) is 0 Å². The van der Waals surface area contributed by atoms with Gasteiger partial charge in [-0.1, -0.05) is 33.6 Å². The van der Waals surface area contributed by atoms with Crippen LogP contribution in [0.5, 0.6) is 0 Å². The van der Waals surface area contributed by atoms with E-state index in [1.807, 2.05) is 0 Å². The van der Waals surface area contributed by atoms with Crippen LogP contribution in [0.15, 0.2) is 0 Å². The maximum atomic E-state index is 10.5. The van der Waals surface area contributed by atoms with E-state index in [1.54, 1.807) is 13.8 Å². The highest BCUT2D eigenvalue weighted by Gasteiger charge is 2.11. The first-order valence-electron chi connectivity index (χ1n) is 7.50. The standard InChI is InChI=1S/C8H18O2.C6H10O6/c1-3-5-7-9-10-8-6-4-2;1-3-4(2)10-6(9)12-11-5(7)8/h3-8H2,1-2H3;4H,3H2,1-2H3,(H,7,8). The highest BCUT2D eigenvalue weighted by atomic mass is 17.3. The molecule has 0 aliphatic carbocycles. The second kappa shape index (κ2) is 17.5. The van der Waals surface area contributed by atoms with Gasteiger partial charge in [0.1, 0.15) is 6.10 Å². The maximum absolute atomic E-state index is 10.5. The van der Waals surface area contributed by atoms with Crippen LogP contribution in [0.2, 0.25) is 0 Å². The Bertz CT molecular complexity index is 262. The summed E-state index contributed by atoms with van der Waals surface area (Å²) >= 11 is 0. The molecule has 1 atom stereocenters. The van der Waals surface area contributed by atoms with Crippen LogP contribution in [0.4, 0.5) is 9.59 Å². The summed E-state index contributed by atoms with van der Waals surface area (Å²) in [6.45, 7) is 9.18. The second-order valence-corrected chi connectivity index (χ2v) is 4.37. The van der Waals surface area contributed by atoms with E-state index in [1.165, 1.54) is 0 Å². The van der Waals surface area contributed by atoms with Crippen LogP contribution in [0.3, 0.4) is 0 Å². The maximum Gasteiger partial charge on any atom is 0.550 e. The Kier molecular flexibility index (Phi) is 18.1. The Morgan fingerprint density at radius 1 is 0.955 bits per heavy atom. The molecule has 0 fully saturated rings. The van der Waals surface area contributed by atoms with Gasteiger partial charge in [0.25, 0.3) is 0 Å². The number of carbonyl (C=O) groups is 2. The molecule has 0 bridgehead atoms. The number of hydrogen-bond acceptors (Lipinski definition) is 7. The fourth-order valence-electron chi connectivity index (χ4n) is 0.861. The van der Waals surface area contributed by atoms with Gasteiger partial charge >= 0.3 is 12.3 Å². The first-order chi connectivity index (χ1) is 10.5. The van der Waals surface area contributed by atoms with E-state index in [9.17, 15) is 9.59 Å². The van der Waals surface area contributed by atoms with Crippen molar-refractivity contribution in [2.24, 2.45) is 0 Å². The van der Waals surface area contributed by atoms with Crippen LogP contribution in [0.25, 0.3) is 0 Å². The fraction of sp³-hybridized carbons (Fsp3) is 0.857.